The van der Waals surface area contributed by atoms with Gasteiger partial charge in [-0.1, -0.05) is 30.3 Å². The Morgan fingerprint density at radius 2 is 2.25 bits per heavy atom. The van der Waals surface area contributed by atoms with Crippen LogP contribution in [0.3, 0.4) is 0 Å². The number of ether oxygens (including phenoxy) is 2. The zero-order valence-electron chi connectivity index (χ0n) is 8.83. The monoisotopic (exact) mass is 217 g/mol. The highest BCUT2D eigenvalue weighted by molar-refractivity contribution is 5.56. The van der Waals surface area contributed by atoms with E-state index in [4.69, 9.17) is 15.0 Å². The molecular formula is C11H11N3O2. The zero-order chi connectivity index (χ0) is 11.4. The van der Waals surface area contributed by atoms with Crippen LogP contribution < -0.4 is 9.47 Å². The molecule has 0 spiro atoms. The summed E-state index contributed by atoms with van der Waals surface area (Å²) in [6, 6.07) is 5.52. The fourth-order valence-corrected chi connectivity index (χ4v) is 1.39. The Balaban J connectivity index is 2.13. The highest BCUT2D eigenvalue weighted by atomic mass is 16.7. The molecule has 1 atom stereocenters. The van der Waals surface area contributed by atoms with Crippen molar-refractivity contribution in [2.45, 2.75) is 13.0 Å². The summed E-state index contributed by atoms with van der Waals surface area (Å²) in [5.41, 5.74) is 9.24. The van der Waals surface area contributed by atoms with Crippen LogP contribution >= 0.6 is 0 Å². The number of hydrogen-bond donors (Lipinski definition) is 0. The van der Waals surface area contributed by atoms with Crippen molar-refractivity contribution in [2.24, 2.45) is 5.11 Å². The lowest BCUT2D eigenvalue weighted by atomic mass is 10.1. The predicted molar refractivity (Wildman–Crippen MR) is 60.2 cm³/mol. The molecule has 16 heavy (non-hydrogen) atoms. The van der Waals surface area contributed by atoms with Crippen LogP contribution in [0.4, 0.5) is 0 Å². The van der Waals surface area contributed by atoms with E-state index in [0.717, 1.165) is 17.1 Å². The molecule has 0 aromatic heterocycles. The third-order valence-corrected chi connectivity index (χ3v) is 2.20. The Bertz CT molecular complexity index is 464. The molecule has 0 bridgehead atoms. The van der Waals surface area contributed by atoms with Gasteiger partial charge in [-0.25, -0.2) is 0 Å². The Morgan fingerprint density at radius 1 is 1.44 bits per heavy atom. The Labute approximate surface area is 92.9 Å². The quantitative estimate of drug-likeness (QED) is 0.443. The van der Waals surface area contributed by atoms with Gasteiger partial charge in [-0.2, -0.15) is 0 Å². The summed E-state index contributed by atoms with van der Waals surface area (Å²) in [4.78, 5) is 2.73. The standard InChI is InChI=1S/C11H11N3O2/c1-8(13-14-12)2-3-9-4-5-10-11(6-9)16-7-15-10/h2-6,8H,7H2,1H3/b3-2+. The van der Waals surface area contributed by atoms with Crippen molar-refractivity contribution in [2.75, 3.05) is 6.79 Å². The number of benzene rings is 1. The molecule has 2 rings (SSSR count). The van der Waals surface area contributed by atoms with Crippen molar-refractivity contribution in [3.8, 4) is 11.5 Å². The first-order chi connectivity index (χ1) is 7.79. The van der Waals surface area contributed by atoms with Crippen LogP contribution in [0.1, 0.15) is 12.5 Å². The molecule has 5 nitrogen and oxygen atoms in total. The van der Waals surface area contributed by atoms with E-state index < -0.39 is 0 Å². The molecule has 0 aliphatic carbocycles. The van der Waals surface area contributed by atoms with Crippen molar-refractivity contribution >= 4 is 6.08 Å². The number of azide groups is 1. The lowest BCUT2D eigenvalue weighted by Gasteiger charge is -1.98. The van der Waals surface area contributed by atoms with Crippen LogP contribution in [0.15, 0.2) is 29.4 Å². The molecule has 1 unspecified atom stereocenters. The van der Waals surface area contributed by atoms with Crippen LogP contribution in [0.5, 0.6) is 11.5 Å². The van der Waals surface area contributed by atoms with Crippen molar-refractivity contribution in [3.63, 3.8) is 0 Å². The number of nitrogens with zero attached hydrogens (tertiary/aromatic N) is 3. The lowest BCUT2D eigenvalue weighted by molar-refractivity contribution is 0.174. The van der Waals surface area contributed by atoms with E-state index >= 15 is 0 Å². The van der Waals surface area contributed by atoms with Crippen LogP contribution in [-0.4, -0.2) is 12.8 Å². The van der Waals surface area contributed by atoms with Gasteiger partial charge >= 0.3 is 0 Å². The smallest absolute Gasteiger partial charge is 0.231 e. The zero-order valence-corrected chi connectivity index (χ0v) is 8.83. The maximum Gasteiger partial charge on any atom is 0.231 e. The topological polar surface area (TPSA) is 67.2 Å². The van der Waals surface area contributed by atoms with Gasteiger partial charge in [-0.3, -0.25) is 0 Å². The van der Waals surface area contributed by atoms with Gasteiger partial charge in [0.25, 0.3) is 0 Å². The molecule has 1 heterocycles. The first-order valence-corrected chi connectivity index (χ1v) is 4.91. The maximum absolute atomic E-state index is 8.25. The molecule has 0 fully saturated rings. The van der Waals surface area contributed by atoms with Crippen LogP contribution in [0.25, 0.3) is 16.5 Å². The first kappa shape index (κ1) is 10.4. The second-order valence-electron chi connectivity index (χ2n) is 3.42. The molecule has 82 valence electrons. The summed E-state index contributed by atoms with van der Waals surface area (Å²) in [5, 5.41) is 3.55. The van der Waals surface area contributed by atoms with Crippen molar-refractivity contribution in [1.29, 1.82) is 0 Å². The van der Waals surface area contributed by atoms with Crippen LogP contribution in [0.2, 0.25) is 0 Å². The highest BCUT2D eigenvalue weighted by Gasteiger charge is 2.12. The van der Waals surface area contributed by atoms with E-state index in [9.17, 15) is 0 Å². The third kappa shape index (κ3) is 2.27. The van der Waals surface area contributed by atoms with Crippen LogP contribution in [0, 0.1) is 0 Å². The Kier molecular flexibility index (Phi) is 2.98. The first-order valence-electron chi connectivity index (χ1n) is 4.91. The normalized spacial score (nSPS) is 14.8. The number of hydrogen-bond acceptors (Lipinski definition) is 3. The Hall–Kier alpha value is -2.13. The molecule has 0 saturated heterocycles. The van der Waals surface area contributed by atoms with Gasteiger partial charge in [0.1, 0.15) is 0 Å². The fourth-order valence-electron chi connectivity index (χ4n) is 1.39. The SMILES string of the molecule is CC(/C=C/c1ccc2c(c1)OCO2)N=[N+]=[N-]. The van der Waals surface area contributed by atoms with Gasteiger partial charge in [0.05, 0.1) is 6.04 Å². The van der Waals surface area contributed by atoms with Crippen LogP contribution in [-0.2, 0) is 0 Å². The summed E-state index contributed by atoms with van der Waals surface area (Å²) in [5.74, 6) is 1.51. The molecule has 0 N–H and O–H groups in total. The third-order valence-electron chi connectivity index (χ3n) is 2.20. The maximum atomic E-state index is 8.25. The van der Waals surface area contributed by atoms with E-state index in [1.807, 2.05) is 37.3 Å². The molecular weight excluding hydrogens is 206 g/mol. The highest BCUT2D eigenvalue weighted by Crippen LogP contribution is 2.32. The molecule has 1 aromatic carbocycles. The molecule has 5 heteroatoms. The summed E-state index contributed by atoms with van der Waals surface area (Å²) < 4.78 is 10.5. The van der Waals surface area contributed by atoms with E-state index in [1.165, 1.54) is 0 Å². The molecule has 1 aliphatic rings. The molecule has 1 aliphatic heterocycles. The number of fused-ring (bicyclic) bond motifs is 1. The molecule has 1 aromatic rings. The molecule has 0 saturated carbocycles. The van der Waals surface area contributed by atoms with Gasteiger partial charge in [0.2, 0.25) is 6.79 Å². The minimum absolute atomic E-state index is 0.157. The minimum atomic E-state index is -0.157. The van der Waals surface area contributed by atoms with Crippen molar-refractivity contribution in [1.82, 2.24) is 0 Å². The van der Waals surface area contributed by atoms with Gasteiger partial charge in [-0.15, -0.1) is 0 Å². The summed E-state index contributed by atoms with van der Waals surface area (Å²) in [6.07, 6.45) is 3.72. The van der Waals surface area contributed by atoms with Gasteiger partial charge in [-0.05, 0) is 23.2 Å². The molecule has 0 radical (unpaired) electrons. The Morgan fingerprint density at radius 3 is 3.06 bits per heavy atom. The van der Waals surface area contributed by atoms with Gasteiger partial charge in [0.15, 0.2) is 11.5 Å². The lowest BCUT2D eigenvalue weighted by Crippen LogP contribution is -1.92. The largest absolute Gasteiger partial charge is 0.454 e. The van der Waals surface area contributed by atoms with Crippen molar-refractivity contribution in [3.05, 3.63) is 40.3 Å². The average molecular weight is 217 g/mol. The summed E-state index contributed by atoms with van der Waals surface area (Å²) in [7, 11) is 0. The second-order valence-corrected chi connectivity index (χ2v) is 3.42. The van der Waals surface area contributed by atoms with E-state index in [1.54, 1.807) is 0 Å². The van der Waals surface area contributed by atoms with E-state index in [-0.39, 0.29) is 12.8 Å². The predicted octanol–water partition coefficient (Wildman–Crippen LogP) is 3.13. The second kappa shape index (κ2) is 4.59. The van der Waals surface area contributed by atoms with E-state index in [2.05, 4.69) is 10.0 Å². The fraction of sp³-hybridized carbons (Fsp3) is 0.273. The summed E-state index contributed by atoms with van der Waals surface area (Å²) in [6.45, 7) is 2.10. The van der Waals surface area contributed by atoms with Gasteiger partial charge in [0, 0.05) is 4.91 Å². The summed E-state index contributed by atoms with van der Waals surface area (Å²) >= 11 is 0. The average Bonchev–Trinajstić information content (AvgIpc) is 2.74. The van der Waals surface area contributed by atoms with Crippen molar-refractivity contribution < 1.29 is 9.47 Å². The molecule has 0 amide bonds. The van der Waals surface area contributed by atoms with Gasteiger partial charge < -0.3 is 9.47 Å². The minimum Gasteiger partial charge on any atom is -0.454 e. The number of rotatable bonds is 3. The van der Waals surface area contributed by atoms with E-state index in [0.29, 0.717) is 0 Å².